The predicted molar refractivity (Wildman–Crippen MR) is 113 cm³/mol. The number of morpholine rings is 1. The van der Waals surface area contributed by atoms with Crippen LogP contribution in [0, 0.1) is 6.92 Å². The highest BCUT2D eigenvalue weighted by Gasteiger charge is 2.37. The van der Waals surface area contributed by atoms with Crippen molar-refractivity contribution >= 4 is 23.4 Å². The Bertz CT molecular complexity index is 982. The average Bonchev–Trinajstić information content (AvgIpc) is 3.01. The number of anilines is 1. The molecule has 0 radical (unpaired) electrons. The second kappa shape index (κ2) is 8.77. The number of benzene rings is 2. The summed E-state index contributed by atoms with van der Waals surface area (Å²) in [6.45, 7) is 6.73. The molecule has 0 atom stereocenters. The van der Waals surface area contributed by atoms with Gasteiger partial charge in [-0.15, -0.1) is 0 Å². The second-order valence-corrected chi connectivity index (χ2v) is 7.61. The topological polar surface area (TPSA) is 79.0 Å². The van der Waals surface area contributed by atoms with Crippen molar-refractivity contribution in [2.75, 3.05) is 44.3 Å². The molecule has 1 N–H and O–H groups in total. The van der Waals surface area contributed by atoms with Gasteiger partial charge in [-0.1, -0.05) is 12.1 Å². The summed E-state index contributed by atoms with van der Waals surface area (Å²) in [7, 11) is 0. The molecule has 1 saturated heterocycles. The quantitative estimate of drug-likeness (QED) is 0.587. The summed E-state index contributed by atoms with van der Waals surface area (Å²) in [5.41, 5.74) is 2.47. The second-order valence-electron chi connectivity index (χ2n) is 7.61. The third-order valence-electron chi connectivity index (χ3n) is 5.45. The number of hydrogen-bond donors (Lipinski definition) is 1. The summed E-state index contributed by atoms with van der Waals surface area (Å²) < 4.78 is 5.33. The lowest BCUT2D eigenvalue weighted by Gasteiger charge is -2.26. The highest BCUT2D eigenvalue weighted by Crippen LogP contribution is 2.29. The lowest BCUT2D eigenvalue weighted by Crippen LogP contribution is -2.38. The normalized spacial score (nSPS) is 16.6. The van der Waals surface area contributed by atoms with Gasteiger partial charge in [-0.3, -0.25) is 19.3 Å². The fourth-order valence-electron chi connectivity index (χ4n) is 3.82. The molecule has 7 heteroatoms. The summed E-state index contributed by atoms with van der Waals surface area (Å²) in [6, 6.07) is 11.9. The van der Waals surface area contributed by atoms with Crippen LogP contribution in [0.5, 0.6) is 0 Å². The molecule has 2 aromatic carbocycles. The Hall–Kier alpha value is -3.03. The zero-order chi connectivity index (χ0) is 21.1. The standard InChI is InChI=1S/C23H25N3O4/c1-16-4-2-5-18(14-16)26-22(28)19-7-6-17(15-20(19)23(26)29)21(27)24-8-3-9-25-10-12-30-13-11-25/h2,4-7,14-15H,3,8-13H2,1H3,(H,24,27). The molecule has 0 saturated carbocycles. The zero-order valence-electron chi connectivity index (χ0n) is 17.0. The number of amides is 3. The first kappa shape index (κ1) is 20.3. The summed E-state index contributed by atoms with van der Waals surface area (Å²) >= 11 is 0. The van der Waals surface area contributed by atoms with E-state index in [1.54, 1.807) is 24.3 Å². The number of hydrogen-bond acceptors (Lipinski definition) is 5. The van der Waals surface area contributed by atoms with Crippen LogP contribution < -0.4 is 10.2 Å². The number of rotatable bonds is 6. The molecule has 0 unspecified atom stereocenters. The molecule has 4 rings (SSSR count). The Morgan fingerprint density at radius 3 is 2.57 bits per heavy atom. The summed E-state index contributed by atoms with van der Waals surface area (Å²) in [6.07, 6.45) is 0.842. The highest BCUT2D eigenvalue weighted by molar-refractivity contribution is 6.34. The molecule has 1 fully saturated rings. The van der Waals surface area contributed by atoms with Gasteiger partial charge in [-0.05, 0) is 55.8 Å². The number of imide groups is 1. The van der Waals surface area contributed by atoms with Gasteiger partial charge in [-0.25, -0.2) is 4.90 Å². The van der Waals surface area contributed by atoms with E-state index in [4.69, 9.17) is 4.74 Å². The van der Waals surface area contributed by atoms with Crippen LogP contribution >= 0.6 is 0 Å². The monoisotopic (exact) mass is 407 g/mol. The predicted octanol–water partition coefficient (Wildman–Crippen LogP) is 2.25. The number of ether oxygens (including phenoxy) is 1. The fourth-order valence-corrected chi connectivity index (χ4v) is 3.82. The number of fused-ring (bicyclic) bond motifs is 1. The van der Waals surface area contributed by atoms with Crippen molar-refractivity contribution in [2.24, 2.45) is 0 Å². The van der Waals surface area contributed by atoms with Crippen molar-refractivity contribution in [3.8, 4) is 0 Å². The van der Waals surface area contributed by atoms with Gasteiger partial charge in [0, 0.05) is 25.2 Å². The largest absolute Gasteiger partial charge is 0.379 e. The van der Waals surface area contributed by atoms with E-state index in [2.05, 4.69) is 10.2 Å². The van der Waals surface area contributed by atoms with Crippen LogP contribution in [0.25, 0.3) is 0 Å². The smallest absolute Gasteiger partial charge is 0.266 e. The van der Waals surface area contributed by atoms with Gasteiger partial charge in [0.25, 0.3) is 17.7 Å². The first-order valence-corrected chi connectivity index (χ1v) is 10.2. The minimum Gasteiger partial charge on any atom is -0.379 e. The molecule has 3 amide bonds. The Labute approximate surface area is 175 Å². The van der Waals surface area contributed by atoms with E-state index < -0.39 is 5.91 Å². The average molecular weight is 407 g/mol. The van der Waals surface area contributed by atoms with Crippen molar-refractivity contribution in [1.29, 1.82) is 0 Å². The number of nitrogens with zero attached hydrogens (tertiary/aromatic N) is 2. The van der Waals surface area contributed by atoms with E-state index in [-0.39, 0.29) is 17.4 Å². The van der Waals surface area contributed by atoms with Crippen LogP contribution in [0.1, 0.15) is 43.1 Å². The van der Waals surface area contributed by atoms with Crippen molar-refractivity contribution < 1.29 is 19.1 Å². The molecule has 2 aliphatic rings. The Kier molecular flexibility index (Phi) is 5.92. The van der Waals surface area contributed by atoms with Crippen LogP contribution in [0.2, 0.25) is 0 Å². The number of carbonyl (C=O) groups is 3. The number of aryl methyl sites for hydroxylation is 1. The molecule has 30 heavy (non-hydrogen) atoms. The van der Waals surface area contributed by atoms with Crippen LogP contribution in [-0.2, 0) is 4.74 Å². The molecule has 2 heterocycles. The minimum absolute atomic E-state index is 0.242. The van der Waals surface area contributed by atoms with E-state index in [1.807, 2.05) is 19.1 Å². The summed E-state index contributed by atoms with van der Waals surface area (Å²) in [5.74, 6) is -1.00. The van der Waals surface area contributed by atoms with Gasteiger partial charge < -0.3 is 10.1 Å². The van der Waals surface area contributed by atoms with Gasteiger partial charge in [0.05, 0.1) is 30.0 Å². The Morgan fingerprint density at radius 1 is 1.03 bits per heavy atom. The van der Waals surface area contributed by atoms with Gasteiger partial charge in [0.15, 0.2) is 0 Å². The van der Waals surface area contributed by atoms with E-state index in [0.717, 1.165) is 44.8 Å². The lowest BCUT2D eigenvalue weighted by molar-refractivity contribution is 0.0374. The van der Waals surface area contributed by atoms with E-state index in [0.29, 0.717) is 23.4 Å². The molecule has 7 nitrogen and oxygen atoms in total. The third kappa shape index (κ3) is 4.13. The molecule has 0 aromatic heterocycles. The lowest BCUT2D eigenvalue weighted by atomic mass is 10.1. The van der Waals surface area contributed by atoms with Crippen LogP contribution in [0.4, 0.5) is 5.69 Å². The van der Waals surface area contributed by atoms with Gasteiger partial charge in [0.1, 0.15) is 0 Å². The molecule has 2 aliphatic heterocycles. The number of carbonyl (C=O) groups excluding carboxylic acids is 3. The van der Waals surface area contributed by atoms with Crippen LogP contribution in [-0.4, -0.2) is 62.0 Å². The van der Waals surface area contributed by atoms with E-state index in [9.17, 15) is 14.4 Å². The van der Waals surface area contributed by atoms with Gasteiger partial charge in [0.2, 0.25) is 0 Å². The van der Waals surface area contributed by atoms with Gasteiger partial charge >= 0.3 is 0 Å². The minimum atomic E-state index is -0.400. The molecule has 0 spiro atoms. The summed E-state index contributed by atoms with van der Waals surface area (Å²) in [5, 5.41) is 2.90. The van der Waals surface area contributed by atoms with Crippen molar-refractivity contribution in [3.05, 3.63) is 64.7 Å². The Balaban J connectivity index is 1.40. The van der Waals surface area contributed by atoms with Gasteiger partial charge in [-0.2, -0.15) is 0 Å². The third-order valence-corrected chi connectivity index (χ3v) is 5.45. The van der Waals surface area contributed by atoms with Crippen molar-refractivity contribution in [3.63, 3.8) is 0 Å². The van der Waals surface area contributed by atoms with Crippen LogP contribution in [0.3, 0.4) is 0 Å². The molecule has 2 aromatic rings. The molecule has 156 valence electrons. The van der Waals surface area contributed by atoms with Crippen molar-refractivity contribution in [2.45, 2.75) is 13.3 Å². The fraction of sp³-hybridized carbons (Fsp3) is 0.348. The first-order chi connectivity index (χ1) is 14.5. The molecule has 0 aliphatic carbocycles. The van der Waals surface area contributed by atoms with E-state index in [1.165, 1.54) is 11.0 Å². The van der Waals surface area contributed by atoms with E-state index >= 15 is 0 Å². The van der Waals surface area contributed by atoms with Crippen molar-refractivity contribution in [1.82, 2.24) is 10.2 Å². The molecular formula is C23H25N3O4. The first-order valence-electron chi connectivity index (χ1n) is 10.2. The Morgan fingerprint density at radius 2 is 1.80 bits per heavy atom. The number of nitrogens with one attached hydrogen (secondary N) is 1. The molecule has 0 bridgehead atoms. The maximum Gasteiger partial charge on any atom is 0.266 e. The maximum absolute atomic E-state index is 12.9. The SMILES string of the molecule is Cc1cccc(N2C(=O)c3ccc(C(=O)NCCCN4CCOCC4)cc3C2=O)c1. The molecular weight excluding hydrogens is 382 g/mol. The highest BCUT2D eigenvalue weighted by atomic mass is 16.5. The zero-order valence-corrected chi connectivity index (χ0v) is 17.0. The summed E-state index contributed by atoms with van der Waals surface area (Å²) in [4.78, 5) is 41.6. The maximum atomic E-state index is 12.9. The van der Waals surface area contributed by atoms with Crippen LogP contribution in [0.15, 0.2) is 42.5 Å².